The van der Waals surface area contributed by atoms with Crippen molar-refractivity contribution in [1.82, 2.24) is 0 Å². The topological polar surface area (TPSA) is 46.5 Å². The summed E-state index contributed by atoms with van der Waals surface area (Å²) in [6.45, 7) is 1.69. The van der Waals surface area contributed by atoms with E-state index in [2.05, 4.69) is 4.74 Å². The molecule has 1 rings (SSSR count). The Morgan fingerprint density at radius 2 is 2.06 bits per heavy atom. The Morgan fingerprint density at radius 3 is 2.53 bits per heavy atom. The molecule has 0 saturated carbocycles. The van der Waals surface area contributed by atoms with Crippen LogP contribution in [0.1, 0.15) is 18.9 Å². The highest BCUT2D eigenvalue weighted by atomic mass is 19.1. The molecule has 0 saturated heterocycles. The maximum atomic E-state index is 13.5. The average Bonchev–Trinajstić information content (AvgIpc) is 2.29. The van der Waals surface area contributed by atoms with Gasteiger partial charge in [0.15, 0.2) is 11.6 Å². The maximum absolute atomic E-state index is 13.5. The summed E-state index contributed by atoms with van der Waals surface area (Å²) in [5.41, 5.74) is 0.0533. The van der Waals surface area contributed by atoms with Crippen LogP contribution in [0.15, 0.2) is 12.1 Å². The van der Waals surface area contributed by atoms with E-state index in [1.54, 1.807) is 6.92 Å². The highest BCUT2D eigenvalue weighted by molar-refractivity contribution is 5.70. The first-order valence-electron chi connectivity index (χ1n) is 5.24. The molecule has 1 aromatic carbocycles. The fourth-order valence-electron chi connectivity index (χ4n) is 1.55. The van der Waals surface area contributed by atoms with E-state index in [1.807, 2.05) is 0 Å². The van der Waals surface area contributed by atoms with Crippen LogP contribution >= 0.6 is 0 Å². The van der Waals surface area contributed by atoms with Gasteiger partial charge in [-0.2, -0.15) is 0 Å². The molecule has 17 heavy (non-hydrogen) atoms. The van der Waals surface area contributed by atoms with Gasteiger partial charge in [-0.3, -0.25) is 4.79 Å². The summed E-state index contributed by atoms with van der Waals surface area (Å²) < 4.78 is 31.5. The molecule has 0 amide bonds. The molecule has 0 heterocycles. The standard InChI is InChI=1S/C12H14F2O3/c1-3-7(12(15)16)4-8-5-10(14)11(17-2)6-9(8)13/h5-7H,3-4H2,1-2H3,(H,15,16). The third-order valence-corrected chi connectivity index (χ3v) is 2.63. The first-order chi connectivity index (χ1) is 7.99. The van der Waals surface area contributed by atoms with Gasteiger partial charge < -0.3 is 9.84 Å². The fraction of sp³-hybridized carbons (Fsp3) is 0.417. The van der Waals surface area contributed by atoms with Crippen LogP contribution in [-0.4, -0.2) is 18.2 Å². The fourth-order valence-corrected chi connectivity index (χ4v) is 1.55. The number of hydrogen-bond donors (Lipinski definition) is 1. The van der Waals surface area contributed by atoms with Gasteiger partial charge in [-0.15, -0.1) is 0 Å². The van der Waals surface area contributed by atoms with E-state index in [4.69, 9.17) is 5.11 Å². The van der Waals surface area contributed by atoms with E-state index < -0.39 is 23.5 Å². The van der Waals surface area contributed by atoms with E-state index in [1.165, 1.54) is 7.11 Å². The molecular weight excluding hydrogens is 230 g/mol. The van der Waals surface area contributed by atoms with Gasteiger partial charge in [-0.1, -0.05) is 6.92 Å². The van der Waals surface area contributed by atoms with Gasteiger partial charge in [0.1, 0.15) is 5.82 Å². The number of carbonyl (C=O) groups is 1. The second-order valence-corrected chi connectivity index (χ2v) is 3.73. The number of aliphatic carboxylic acids is 1. The molecule has 0 aliphatic carbocycles. The third kappa shape index (κ3) is 3.15. The number of halogens is 2. The van der Waals surface area contributed by atoms with Gasteiger partial charge >= 0.3 is 5.97 Å². The highest BCUT2D eigenvalue weighted by Crippen LogP contribution is 2.23. The largest absolute Gasteiger partial charge is 0.494 e. The Hall–Kier alpha value is -1.65. The monoisotopic (exact) mass is 244 g/mol. The van der Waals surface area contributed by atoms with Crippen molar-refractivity contribution < 1.29 is 23.4 Å². The molecule has 0 fully saturated rings. The van der Waals surface area contributed by atoms with Crippen molar-refractivity contribution in [2.24, 2.45) is 5.92 Å². The van der Waals surface area contributed by atoms with Crippen LogP contribution < -0.4 is 4.74 Å². The molecular formula is C12H14F2O3. The van der Waals surface area contributed by atoms with Crippen LogP contribution in [0.5, 0.6) is 5.75 Å². The van der Waals surface area contributed by atoms with Crippen molar-refractivity contribution in [3.8, 4) is 5.75 Å². The summed E-state index contributed by atoms with van der Waals surface area (Å²) in [5, 5.41) is 8.85. The quantitative estimate of drug-likeness (QED) is 0.866. The van der Waals surface area contributed by atoms with Crippen molar-refractivity contribution in [1.29, 1.82) is 0 Å². The zero-order chi connectivity index (χ0) is 13.0. The molecule has 0 radical (unpaired) electrons. The molecule has 1 aromatic rings. The molecule has 0 spiro atoms. The number of benzene rings is 1. The Balaban J connectivity index is 2.99. The lowest BCUT2D eigenvalue weighted by Gasteiger charge is -2.11. The van der Waals surface area contributed by atoms with Crippen molar-refractivity contribution >= 4 is 5.97 Å². The lowest BCUT2D eigenvalue weighted by atomic mass is 9.96. The minimum absolute atomic E-state index is 0.0292. The molecule has 5 heteroatoms. The second kappa shape index (κ2) is 5.61. The molecule has 1 N–H and O–H groups in total. The molecule has 94 valence electrons. The Kier molecular flexibility index (Phi) is 4.43. The molecule has 1 atom stereocenters. The van der Waals surface area contributed by atoms with E-state index in [0.717, 1.165) is 12.1 Å². The lowest BCUT2D eigenvalue weighted by Crippen LogP contribution is -2.16. The average molecular weight is 244 g/mol. The van der Waals surface area contributed by atoms with Gasteiger partial charge in [0.25, 0.3) is 0 Å². The Bertz CT molecular complexity index is 418. The Morgan fingerprint density at radius 1 is 1.41 bits per heavy atom. The smallest absolute Gasteiger partial charge is 0.306 e. The summed E-state index contributed by atoms with van der Waals surface area (Å²) in [6, 6.07) is 1.92. The predicted octanol–water partition coefficient (Wildman–Crippen LogP) is 2.63. The Labute approximate surface area is 98.0 Å². The number of hydrogen-bond acceptors (Lipinski definition) is 2. The summed E-state index contributed by atoms with van der Waals surface area (Å²) in [7, 11) is 1.24. The van der Waals surface area contributed by atoms with Crippen LogP contribution in [0.4, 0.5) is 8.78 Å². The third-order valence-electron chi connectivity index (χ3n) is 2.63. The van der Waals surface area contributed by atoms with Gasteiger partial charge in [0, 0.05) is 6.07 Å². The van der Waals surface area contributed by atoms with Crippen molar-refractivity contribution in [3.05, 3.63) is 29.3 Å². The molecule has 1 unspecified atom stereocenters. The van der Waals surface area contributed by atoms with Crippen LogP contribution in [-0.2, 0) is 11.2 Å². The van der Waals surface area contributed by atoms with Gasteiger partial charge in [0.2, 0.25) is 0 Å². The maximum Gasteiger partial charge on any atom is 0.306 e. The molecule has 3 nitrogen and oxygen atoms in total. The van der Waals surface area contributed by atoms with E-state index in [-0.39, 0.29) is 17.7 Å². The molecule has 0 aromatic heterocycles. The lowest BCUT2D eigenvalue weighted by molar-refractivity contribution is -0.141. The van der Waals surface area contributed by atoms with E-state index in [0.29, 0.717) is 6.42 Å². The summed E-state index contributed by atoms with van der Waals surface area (Å²) in [4.78, 5) is 10.8. The van der Waals surface area contributed by atoms with E-state index in [9.17, 15) is 13.6 Å². The second-order valence-electron chi connectivity index (χ2n) is 3.73. The predicted molar refractivity (Wildman–Crippen MR) is 58.0 cm³/mol. The number of rotatable bonds is 5. The normalized spacial score (nSPS) is 12.2. The SMILES string of the molecule is CCC(Cc1cc(F)c(OC)cc1F)C(=O)O. The summed E-state index contributed by atoms with van der Waals surface area (Å²) >= 11 is 0. The van der Waals surface area contributed by atoms with Gasteiger partial charge in [-0.25, -0.2) is 8.78 Å². The zero-order valence-electron chi connectivity index (χ0n) is 9.67. The van der Waals surface area contributed by atoms with Crippen molar-refractivity contribution in [2.75, 3.05) is 7.11 Å². The van der Waals surface area contributed by atoms with Gasteiger partial charge in [0.05, 0.1) is 13.0 Å². The highest BCUT2D eigenvalue weighted by Gasteiger charge is 2.19. The van der Waals surface area contributed by atoms with Crippen LogP contribution in [0, 0.1) is 17.6 Å². The number of carboxylic acids is 1. The molecule has 0 aliphatic rings. The number of ether oxygens (including phenoxy) is 1. The van der Waals surface area contributed by atoms with Gasteiger partial charge in [-0.05, 0) is 24.5 Å². The zero-order valence-corrected chi connectivity index (χ0v) is 9.67. The first-order valence-corrected chi connectivity index (χ1v) is 5.24. The first kappa shape index (κ1) is 13.4. The minimum Gasteiger partial charge on any atom is -0.494 e. The van der Waals surface area contributed by atoms with E-state index >= 15 is 0 Å². The minimum atomic E-state index is -1.01. The molecule has 0 bridgehead atoms. The van der Waals surface area contributed by atoms with Crippen LogP contribution in [0.2, 0.25) is 0 Å². The van der Waals surface area contributed by atoms with Crippen molar-refractivity contribution in [3.63, 3.8) is 0 Å². The number of methoxy groups -OCH3 is 1. The van der Waals surface area contributed by atoms with Crippen molar-refractivity contribution in [2.45, 2.75) is 19.8 Å². The number of carboxylic acid groups (broad SMARTS) is 1. The van der Waals surface area contributed by atoms with Crippen LogP contribution in [0.3, 0.4) is 0 Å². The summed E-state index contributed by atoms with van der Waals surface area (Å²) in [5.74, 6) is -3.25. The van der Waals surface area contributed by atoms with Crippen LogP contribution in [0.25, 0.3) is 0 Å². The molecule has 0 aliphatic heterocycles. The summed E-state index contributed by atoms with van der Waals surface area (Å²) in [6.07, 6.45) is 0.334.